The summed E-state index contributed by atoms with van der Waals surface area (Å²) in [5.74, 6) is 5.01. The van der Waals surface area contributed by atoms with Crippen LogP contribution in [0.3, 0.4) is 0 Å². The predicted molar refractivity (Wildman–Crippen MR) is 66.7 cm³/mol. The maximum Gasteiger partial charge on any atom is 0.330 e. The summed E-state index contributed by atoms with van der Waals surface area (Å²) in [6.45, 7) is 1.50. The summed E-state index contributed by atoms with van der Waals surface area (Å²) in [6, 6.07) is 1.08. The van der Waals surface area contributed by atoms with Gasteiger partial charge in [0.15, 0.2) is 6.23 Å². The molecule has 1 aromatic heterocycles. The van der Waals surface area contributed by atoms with Crippen LogP contribution in [-0.2, 0) is 4.74 Å². The molecule has 1 saturated heterocycles. The molecule has 2 unspecified atom stereocenters. The Hall–Kier alpha value is -1.92. The largest absolute Gasteiger partial charge is 0.387 e. The van der Waals surface area contributed by atoms with E-state index >= 15 is 0 Å². The van der Waals surface area contributed by atoms with Crippen LogP contribution in [0.4, 0.5) is 0 Å². The molecular weight excluding hydrogens is 268 g/mol. The fraction of sp³-hybridized carbons (Fsp3) is 0.500. The number of aromatic amines is 1. The second kappa shape index (κ2) is 5.60. The zero-order valence-corrected chi connectivity index (χ0v) is 10.6. The van der Waals surface area contributed by atoms with Gasteiger partial charge in [0.1, 0.15) is 24.4 Å². The molecule has 1 aliphatic rings. The van der Waals surface area contributed by atoms with Gasteiger partial charge in [0.05, 0.1) is 0 Å². The van der Waals surface area contributed by atoms with Crippen LogP contribution in [0.15, 0.2) is 21.9 Å². The van der Waals surface area contributed by atoms with E-state index in [1.54, 1.807) is 0 Å². The average molecular weight is 282 g/mol. The Morgan fingerprint density at radius 3 is 2.55 bits per heavy atom. The Morgan fingerprint density at radius 2 is 1.95 bits per heavy atom. The van der Waals surface area contributed by atoms with Crippen molar-refractivity contribution < 1.29 is 20.1 Å². The molecule has 1 aromatic rings. The molecule has 1 aliphatic heterocycles. The minimum atomic E-state index is -1.64. The van der Waals surface area contributed by atoms with E-state index in [2.05, 4.69) is 16.8 Å². The van der Waals surface area contributed by atoms with Crippen molar-refractivity contribution in [1.29, 1.82) is 0 Å². The van der Waals surface area contributed by atoms with Crippen molar-refractivity contribution in [2.75, 3.05) is 0 Å². The van der Waals surface area contributed by atoms with E-state index in [-0.39, 0.29) is 0 Å². The number of nitrogens with one attached hydrogen (secondary N) is 1. The molecule has 8 nitrogen and oxygen atoms in total. The van der Waals surface area contributed by atoms with E-state index in [9.17, 15) is 24.9 Å². The van der Waals surface area contributed by atoms with Gasteiger partial charge in [-0.05, 0) is 6.92 Å². The fourth-order valence-electron chi connectivity index (χ4n) is 2.01. The molecule has 0 amide bonds. The maximum absolute atomic E-state index is 11.7. The summed E-state index contributed by atoms with van der Waals surface area (Å²) in [6.07, 6.45) is -6.06. The smallest absolute Gasteiger partial charge is 0.330 e. The van der Waals surface area contributed by atoms with Crippen molar-refractivity contribution in [1.82, 2.24) is 9.55 Å². The number of H-pyrrole nitrogens is 1. The quantitative estimate of drug-likeness (QED) is 0.423. The number of aliphatic hydroxyl groups excluding tert-OH is 3. The third-order valence-corrected chi connectivity index (χ3v) is 3.02. The van der Waals surface area contributed by atoms with Gasteiger partial charge in [-0.3, -0.25) is 4.79 Å². The monoisotopic (exact) mass is 282 g/mol. The van der Waals surface area contributed by atoms with Gasteiger partial charge in [0.2, 0.25) is 0 Å². The van der Waals surface area contributed by atoms with E-state index < -0.39 is 41.9 Å². The molecule has 1 fully saturated rings. The molecule has 0 radical (unpaired) electrons. The Kier molecular flexibility index (Phi) is 4.06. The lowest BCUT2D eigenvalue weighted by Gasteiger charge is -2.38. The summed E-state index contributed by atoms with van der Waals surface area (Å²) in [5.41, 5.74) is -1.50. The van der Waals surface area contributed by atoms with Gasteiger partial charge in [0, 0.05) is 12.3 Å². The minimum absolute atomic E-state index is 0.629. The Labute approximate surface area is 113 Å². The molecular formula is C12H14N2O6. The number of aromatic nitrogens is 2. The van der Waals surface area contributed by atoms with E-state index in [1.807, 2.05) is 0 Å². The Bertz CT molecular complexity index is 626. The summed E-state index contributed by atoms with van der Waals surface area (Å²) in [4.78, 5) is 25.7. The van der Waals surface area contributed by atoms with Crippen molar-refractivity contribution in [3.05, 3.63) is 33.1 Å². The number of ether oxygens (including phenoxy) is 1. The van der Waals surface area contributed by atoms with Crippen molar-refractivity contribution in [3.63, 3.8) is 0 Å². The highest BCUT2D eigenvalue weighted by Crippen LogP contribution is 2.26. The number of hydrogen-bond acceptors (Lipinski definition) is 6. The molecule has 0 aromatic carbocycles. The number of aliphatic hydroxyl groups is 3. The van der Waals surface area contributed by atoms with Gasteiger partial charge in [0.25, 0.3) is 5.56 Å². The van der Waals surface area contributed by atoms with Crippen LogP contribution in [0.2, 0.25) is 0 Å². The highest BCUT2D eigenvalue weighted by Gasteiger charge is 2.44. The fourth-order valence-corrected chi connectivity index (χ4v) is 2.01. The number of rotatable bonds is 1. The molecule has 2 heterocycles. The van der Waals surface area contributed by atoms with Crippen molar-refractivity contribution in [3.8, 4) is 11.8 Å². The van der Waals surface area contributed by atoms with Crippen molar-refractivity contribution in [2.24, 2.45) is 0 Å². The van der Waals surface area contributed by atoms with Crippen molar-refractivity contribution >= 4 is 0 Å². The van der Waals surface area contributed by atoms with E-state index in [1.165, 1.54) is 6.92 Å². The van der Waals surface area contributed by atoms with Crippen LogP contribution >= 0.6 is 0 Å². The molecule has 8 heteroatoms. The van der Waals surface area contributed by atoms with Gasteiger partial charge in [-0.15, -0.1) is 5.92 Å². The average Bonchev–Trinajstić information content (AvgIpc) is 2.41. The third-order valence-electron chi connectivity index (χ3n) is 3.02. The van der Waals surface area contributed by atoms with Crippen LogP contribution in [0.25, 0.3) is 0 Å². The van der Waals surface area contributed by atoms with E-state index in [4.69, 9.17) is 4.74 Å². The molecule has 4 N–H and O–H groups in total. The van der Waals surface area contributed by atoms with Crippen LogP contribution < -0.4 is 11.2 Å². The first kappa shape index (κ1) is 14.5. The summed E-state index contributed by atoms with van der Waals surface area (Å²) < 4.78 is 5.91. The van der Waals surface area contributed by atoms with Gasteiger partial charge in [-0.1, -0.05) is 5.92 Å². The van der Waals surface area contributed by atoms with E-state index in [0.29, 0.717) is 4.57 Å². The zero-order chi connectivity index (χ0) is 14.9. The lowest BCUT2D eigenvalue weighted by atomic mass is 9.98. The highest BCUT2D eigenvalue weighted by molar-refractivity contribution is 5.10. The molecule has 5 atom stereocenters. The van der Waals surface area contributed by atoms with Gasteiger partial charge < -0.3 is 25.0 Å². The maximum atomic E-state index is 11.7. The first-order valence-electron chi connectivity index (χ1n) is 5.89. The molecule has 0 bridgehead atoms. The molecule has 20 heavy (non-hydrogen) atoms. The molecule has 2 rings (SSSR count). The van der Waals surface area contributed by atoms with E-state index in [0.717, 1.165) is 12.3 Å². The first-order chi connectivity index (χ1) is 9.47. The first-order valence-corrected chi connectivity index (χ1v) is 5.89. The highest BCUT2D eigenvalue weighted by atomic mass is 16.5. The Balaban J connectivity index is 2.47. The molecule has 0 aliphatic carbocycles. The van der Waals surface area contributed by atoms with Crippen LogP contribution in [0, 0.1) is 11.8 Å². The molecule has 0 saturated carbocycles. The summed E-state index contributed by atoms with van der Waals surface area (Å²) in [5, 5.41) is 29.4. The summed E-state index contributed by atoms with van der Waals surface area (Å²) >= 11 is 0. The lowest BCUT2D eigenvalue weighted by molar-refractivity contribution is -0.232. The number of hydrogen-bond donors (Lipinski definition) is 4. The second-order valence-electron chi connectivity index (χ2n) is 4.30. The molecule has 0 spiro atoms. The van der Waals surface area contributed by atoms with Crippen LogP contribution in [-0.4, -0.2) is 49.3 Å². The predicted octanol–water partition coefficient (Wildman–Crippen LogP) is -2.46. The van der Waals surface area contributed by atoms with Crippen LogP contribution in [0.5, 0.6) is 0 Å². The lowest BCUT2D eigenvalue weighted by Crippen LogP contribution is -2.58. The third kappa shape index (κ3) is 2.39. The second-order valence-corrected chi connectivity index (χ2v) is 4.30. The minimum Gasteiger partial charge on any atom is -0.387 e. The topological polar surface area (TPSA) is 125 Å². The Morgan fingerprint density at radius 1 is 1.25 bits per heavy atom. The van der Waals surface area contributed by atoms with Gasteiger partial charge in [-0.25, -0.2) is 9.36 Å². The normalized spacial score (nSPS) is 33.3. The summed E-state index contributed by atoms with van der Waals surface area (Å²) in [7, 11) is 0. The SMILES string of the molecule is CC#CC1OC(n2c(=O)cc[nH]c2=O)[C@H](O)[C@@H](O)[C@H]1O. The standard InChI is InChI=1S/C12H14N2O6/c1-2-3-6-8(16)9(17)10(18)11(20-6)14-7(15)4-5-13-12(14)19/h4-6,8-11,16-18H,1H3,(H,13,19)/t6?,8-,9-,10+,11?/m0/s1. The molecule has 108 valence electrons. The van der Waals surface area contributed by atoms with Crippen molar-refractivity contribution in [2.45, 2.75) is 37.6 Å². The van der Waals surface area contributed by atoms with Gasteiger partial charge in [-0.2, -0.15) is 0 Å². The van der Waals surface area contributed by atoms with Crippen LogP contribution in [0.1, 0.15) is 13.2 Å². The zero-order valence-electron chi connectivity index (χ0n) is 10.6. The van der Waals surface area contributed by atoms with Gasteiger partial charge >= 0.3 is 5.69 Å². The number of nitrogens with zero attached hydrogens (tertiary/aromatic N) is 1.